The first-order valence-electron chi connectivity index (χ1n) is 7.90. The third-order valence-electron chi connectivity index (χ3n) is 3.55. The first kappa shape index (κ1) is 17.2. The van der Waals surface area contributed by atoms with Crippen molar-refractivity contribution in [1.29, 1.82) is 0 Å². The molecule has 1 aromatic rings. The minimum Gasteiger partial charge on any atom is -0.312 e. The molecule has 0 saturated carbocycles. The van der Waals surface area contributed by atoms with Crippen LogP contribution in [0.1, 0.15) is 58.9 Å². The maximum absolute atomic E-state index is 13.3. The highest BCUT2D eigenvalue weighted by Gasteiger charge is 2.15. The molecule has 1 unspecified atom stereocenters. The molecule has 0 spiro atoms. The van der Waals surface area contributed by atoms with Crippen LogP contribution in [0.2, 0.25) is 0 Å². The van der Waals surface area contributed by atoms with Crippen molar-refractivity contribution < 1.29 is 4.39 Å². The van der Waals surface area contributed by atoms with Gasteiger partial charge in [-0.25, -0.2) is 4.39 Å². The minimum atomic E-state index is -0.126. The van der Waals surface area contributed by atoms with Crippen LogP contribution in [0.15, 0.2) is 24.3 Å². The molecule has 1 N–H and O–H groups in total. The second kappa shape index (κ2) is 8.41. The zero-order valence-electron chi connectivity index (χ0n) is 13.5. The van der Waals surface area contributed by atoms with Gasteiger partial charge in [-0.05, 0) is 63.8 Å². The Morgan fingerprint density at radius 2 is 1.95 bits per heavy atom. The Morgan fingerprint density at radius 1 is 1.20 bits per heavy atom. The van der Waals surface area contributed by atoms with Crippen LogP contribution in [-0.2, 0) is 6.42 Å². The van der Waals surface area contributed by atoms with E-state index >= 15 is 0 Å². The molecule has 0 aliphatic heterocycles. The van der Waals surface area contributed by atoms with E-state index in [1.54, 1.807) is 6.07 Å². The highest BCUT2D eigenvalue weighted by molar-refractivity contribution is 5.16. The molecule has 1 nitrogen and oxygen atoms in total. The molecule has 0 bridgehead atoms. The van der Waals surface area contributed by atoms with Crippen molar-refractivity contribution in [3.63, 3.8) is 0 Å². The fourth-order valence-electron chi connectivity index (χ4n) is 2.41. The van der Waals surface area contributed by atoms with Crippen molar-refractivity contribution in [3.05, 3.63) is 35.6 Å². The van der Waals surface area contributed by atoms with Gasteiger partial charge in [-0.1, -0.05) is 38.3 Å². The Labute approximate surface area is 124 Å². The quantitative estimate of drug-likeness (QED) is 0.664. The van der Waals surface area contributed by atoms with E-state index in [0.717, 1.165) is 18.5 Å². The molecule has 20 heavy (non-hydrogen) atoms. The van der Waals surface area contributed by atoms with Gasteiger partial charge in [-0.15, -0.1) is 0 Å². The summed E-state index contributed by atoms with van der Waals surface area (Å²) in [5.74, 6) is 0.459. The van der Waals surface area contributed by atoms with Crippen molar-refractivity contribution in [2.45, 2.75) is 65.3 Å². The summed E-state index contributed by atoms with van der Waals surface area (Å²) in [4.78, 5) is 0. The van der Waals surface area contributed by atoms with Gasteiger partial charge in [0, 0.05) is 5.54 Å². The highest BCUT2D eigenvalue weighted by Crippen LogP contribution is 2.17. The standard InChI is InChI=1S/C18H30FN/c1-5-6-7-9-16(14-20-18(2,3)4)12-15-10-8-11-17(19)13-15/h8,10-11,13,16,20H,5-7,9,12,14H2,1-4H3. The lowest BCUT2D eigenvalue weighted by molar-refractivity contribution is 0.349. The Bertz CT molecular complexity index is 381. The van der Waals surface area contributed by atoms with Gasteiger partial charge in [0.05, 0.1) is 0 Å². The van der Waals surface area contributed by atoms with Crippen LogP contribution < -0.4 is 5.32 Å². The molecule has 2 heteroatoms. The van der Waals surface area contributed by atoms with Crippen LogP contribution in [-0.4, -0.2) is 12.1 Å². The first-order chi connectivity index (χ1) is 9.40. The van der Waals surface area contributed by atoms with Crippen molar-refractivity contribution in [1.82, 2.24) is 5.32 Å². The minimum absolute atomic E-state index is 0.126. The maximum atomic E-state index is 13.3. The van der Waals surface area contributed by atoms with Gasteiger partial charge in [-0.3, -0.25) is 0 Å². The number of hydrogen-bond donors (Lipinski definition) is 1. The molecule has 114 valence electrons. The van der Waals surface area contributed by atoms with Gasteiger partial charge in [0.1, 0.15) is 5.82 Å². The number of halogens is 1. The molecule has 0 radical (unpaired) electrons. The normalized spacial score (nSPS) is 13.4. The van der Waals surface area contributed by atoms with E-state index < -0.39 is 0 Å². The van der Waals surface area contributed by atoms with E-state index in [9.17, 15) is 4.39 Å². The second-order valence-corrected chi connectivity index (χ2v) is 6.83. The number of unbranched alkanes of at least 4 members (excludes halogenated alkanes) is 2. The summed E-state index contributed by atoms with van der Waals surface area (Å²) in [6.07, 6.45) is 5.98. The van der Waals surface area contributed by atoms with Crippen LogP contribution in [0.3, 0.4) is 0 Å². The number of nitrogens with one attached hydrogen (secondary N) is 1. The topological polar surface area (TPSA) is 12.0 Å². The van der Waals surface area contributed by atoms with Crippen LogP contribution >= 0.6 is 0 Å². The third kappa shape index (κ3) is 7.64. The Balaban J connectivity index is 2.56. The van der Waals surface area contributed by atoms with E-state index in [-0.39, 0.29) is 11.4 Å². The van der Waals surface area contributed by atoms with Crippen molar-refractivity contribution in [2.75, 3.05) is 6.54 Å². The summed E-state index contributed by atoms with van der Waals surface area (Å²) in [7, 11) is 0. The van der Waals surface area contributed by atoms with E-state index in [1.807, 2.05) is 12.1 Å². The lowest BCUT2D eigenvalue weighted by Gasteiger charge is -2.25. The summed E-state index contributed by atoms with van der Waals surface area (Å²) < 4.78 is 13.3. The molecule has 1 atom stereocenters. The summed E-state index contributed by atoms with van der Waals surface area (Å²) in [5.41, 5.74) is 1.26. The van der Waals surface area contributed by atoms with E-state index in [2.05, 4.69) is 33.0 Å². The Hall–Kier alpha value is -0.890. The van der Waals surface area contributed by atoms with Crippen LogP contribution in [0.25, 0.3) is 0 Å². The predicted octanol–water partition coefficient (Wildman–Crippen LogP) is 4.95. The molecule has 0 saturated heterocycles. The second-order valence-electron chi connectivity index (χ2n) is 6.83. The Morgan fingerprint density at radius 3 is 2.55 bits per heavy atom. The Kier molecular flexibility index (Phi) is 7.22. The van der Waals surface area contributed by atoms with E-state index in [4.69, 9.17) is 0 Å². The van der Waals surface area contributed by atoms with E-state index in [0.29, 0.717) is 5.92 Å². The summed E-state index contributed by atoms with van der Waals surface area (Å²) in [6, 6.07) is 7.03. The monoisotopic (exact) mass is 279 g/mol. The summed E-state index contributed by atoms with van der Waals surface area (Å²) in [6.45, 7) is 9.81. The molecule has 0 aliphatic rings. The molecule has 0 amide bonds. The maximum Gasteiger partial charge on any atom is 0.123 e. The average Bonchev–Trinajstić information content (AvgIpc) is 2.35. The van der Waals surface area contributed by atoms with Crippen LogP contribution in [0, 0.1) is 11.7 Å². The van der Waals surface area contributed by atoms with Crippen molar-refractivity contribution in [3.8, 4) is 0 Å². The molecule has 0 aliphatic carbocycles. The third-order valence-corrected chi connectivity index (χ3v) is 3.55. The van der Waals surface area contributed by atoms with Gasteiger partial charge >= 0.3 is 0 Å². The van der Waals surface area contributed by atoms with Gasteiger partial charge in [0.15, 0.2) is 0 Å². The van der Waals surface area contributed by atoms with Crippen molar-refractivity contribution in [2.24, 2.45) is 5.92 Å². The highest BCUT2D eigenvalue weighted by atomic mass is 19.1. The number of hydrogen-bond acceptors (Lipinski definition) is 1. The van der Waals surface area contributed by atoms with Crippen molar-refractivity contribution >= 4 is 0 Å². The molecule has 0 aromatic heterocycles. The van der Waals surface area contributed by atoms with Gasteiger partial charge in [0.2, 0.25) is 0 Å². The molecular weight excluding hydrogens is 249 g/mol. The SMILES string of the molecule is CCCCCC(CNC(C)(C)C)Cc1cccc(F)c1. The van der Waals surface area contributed by atoms with E-state index in [1.165, 1.54) is 31.7 Å². The molecule has 0 heterocycles. The summed E-state index contributed by atoms with van der Waals surface area (Å²) in [5, 5.41) is 3.59. The zero-order chi connectivity index (χ0) is 15.0. The molecule has 1 rings (SSSR count). The van der Waals surface area contributed by atoms with Gasteiger partial charge < -0.3 is 5.32 Å². The first-order valence-corrected chi connectivity index (χ1v) is 7.90. The largest absolute Gasteiger partial charge is 0.312 e. The number of rotatable bonds is 8. The van der Waals surface area contributed by atoms with Gasteiger partial charge in [-0.2, -0.15) is 0 Å². The molecule has 0 fully saturated rings. The zero-order valence-corrected chi connectivity index (χ0v) is 13.5. The fourth-order valence-corrected chi connectivity index (χ4v) is 2.41. The smallest absolute Gasteiger partial charge is 0.123 e. The lowest BCUT2D eigenvalue weighted by Crippen LogP contribution is -2.39. The molecule has 1 aromatic carbocycles. The molecular formula is C18H30FN. The average molecular weight is 279 g/mol. The summed E-state index contributed by atoms with van der Waals surface area (Å²) >= 11 is 0. The van der Waals surface area contributed by atoms with Crippen LogP contribution in [0.5, 0.6) is 0 Å². The number of benzene rings is 1. The van der Waals surface area contributed by atoms with Crippen LogP contribution in [0.4, 0.5) is 4.39 Å². The fraction of sp³-hybridized carbons (Fsp3) is 0.667. The van der Waals surface area contributed by atoms with Gasteiger partial charge in [0.25, 0.3) is 0 Å². The lowest BCUT2D eigenvalue weighted by atomic mass is 9.92. The predicted molar refractivity (Wildman–Crippen MR) is 85.5 cm³/mol.